The molecule has 68 valence electrons. The molecular weight excluding hydrogens is 227 g/mol. The van der Waals surface area contributed by atoms with Crippen LogP contribution in [-0.2, 0) is 26.2 Å². The van der Waals surface area contributed by atoms with E-state index in [9.17, 15) is 0 Å². The molecule has 0 aromatic heterocycles. The Labute approximate surface area is 87.7 Å². The minimum absolute atomic E-state index is 0. The molecule has 0 bridgehead atoms. The standard InChI is InChI=1S/3C2H5O.H2O.Zr/c3*1-2-3;;/h3*2H2,1H3;1H2;/q3*-1;;+4/p-1. The summed E-state index contributed by atoms with van der Waals surface area (Å²) >= 11 is 0. The van der Waals surface area contributed by atoms with Gasteiger partial charge < -0.3 is 20.8 Å². The summed E-state index contributed by atoms with van der Waals surface area (Å²) < 4.78 is 0. The van der Waals surface area contributed by atoms with Crippen molar-refractivity contribution in [3.05, 3.63) is 0 Å². The molecule has 0 radical (unpaired) electrons. The molecule has 0 spiro atoms. The Balaban J connectivity index is -0.0000000150. The van der Waals surface area contributed by atoms with Crippen LogP contribution in [0.2, 0.25) is 0 Å². The van der Waals surface area contributed by atoms with Crippen LogP contribution < -0.4 is 15.3 Å². The predicted octanol–water partition coefficient (Wildman–Crippen LogP) is -2.08. The third kappa shape index (κ3) is 1560. The zero-order valence-corrected chi connectivity index (χ0v) is 9.75. The molecule has 0 aliphatic rings. The molecule has 5 heteroatoms. The fourth-order valence-corrected chi connectivity index (χ4v) is 0. The minimum Gasteiger partial charge on any atom is -0.870 e. The van der Waals surface area contributed by atoms with E-state index in [2.05, 4.69) is 0 Å². The topological polar surface area (TPSA) is 99.2 Å². The molecule has 0 unspecified atom stereocenters. The van der Waals surface area contributed by atoms with Gasteiger partial charge in [-0.05, 0) is 0 Å². The second-order valence-corrected chi connectivity index (χ2v) is 0.866. The van der Waals surface area contributed by atoms with E-state index in [1.54, 1.807) is 20.8 Å². The van der Waals surface area contributed by atoms with Gasteiger partial charge in [0.15, 0.2) is 0 Å². The van der Waals surface area contributed by atoms with Crippen molar-refractivity contribution in [1.29, 1.82) is 0 Å². The number of hydrogen-bond donors (Lipinski definition) is 0. The Kier molecular flexibility index (Phi) is 198. The summed E-state index contributed by atoms with van der Waals surface area (Å²) in [6, 6.07) is 0. The van der Waals surface area contributed by atoms with Crippen molar-refractivity contribution in [3.63, 3.8) is 0 Å². The van der Waals surface area contributed by atoms with Crippen molar-refractivity contribution in [2.24, 2.45) is 0 Å². The monoisotopic (exact) mass is 242 g/mol. The first kappa shape index (κ1) is 29.8. The van der Waals surface area contributed by atoms with Crippen LogP contribution in [0.1, 0.15) is 20.8 Å². The van der Waals surface area contributed by atoms with Crippen molar-refractivity contribution in [2.75, 3.05) is 19.8 Å². The van der Waals surface area contributed by atoms with Crippen LogP contribution in [0, 0.1) is 0 Å². The van der Waals surface area contributed by atoms with Gasteiger partial charge >= 0.3 is 26.2 Å². The maximum atomic E-state index is 8.93. The summed E-state index contributed by atoms with van der Waals surface area (Å²) in [5, 5.41) is 26.8. The Morgan fingerprint density at radius 3 is 0.727 bits per heavy atom. The van der Waals surface area contributed by atoms with Crippen molar-refractivity contribution in [1.82, 2.24) is 0 Å². The van der Waals surface area contributed by atoms with Crippen LogP contribution in [0.15, 0.2) is 0 Å². The fourth-order valence-electron chi connectivity index (χ4n) is 0. The van der Waals surface area contributed by atoms with Crippen LogP contribution in [0.5, 0.6) is 0 Å². The zero-order chi connectivity index (χ0) is 8.12. The van der Waals surface area contributed by atoms with Crippen LogP contribution in [0.4, 0.5) is 0 Å². The van der Waals surface area contributed by atoms with E-state index in [-0.39, 0.29) is 51.5 Å². The Morgan fingerprint density at radius 1 is 0.727 bits per heavy atom. The van der Waals surface area contributed by atoms with E-state index in [4.69, 9.17) is 15.3 Å². The molecule has 0 heterocycles. The van der Waals surface area contributed by atoms with Crippen molar-refractivity contribution in [3.8, 4) is 0 Å². The third-order valence-corrected chi connectivity index (χ3v) is 0. The SMILES string of the molecule is CC[O-].CC[O-].CC[O-].[OH-].[Zr+4]. The summed E-state index contributed by atoms with van der Waals surface area (Å²) in [5.41, 5.74) is 0. The van der Waals surface area contributed by atoms with E-state index in [1.807, 2.05) is 0 Å². The van der Waals surface area contributed by atoms with Gasteiger partial charge in [0.1, 0.15) is 0 Å². The van der Waals surface area contributed by atoms with Crippen LogP contribution in [-0.4, -0.2) is 25.3 Å². The largest absolute Gasteiger partial charge is 4.00 e. The van der Waals surface area contributed by atoms with E-state index in [1.165, 1.54) is 0 Å². The zero-order valence-electron chi connectivity index (χ0n) is 7.29. The van der Waals surface area contributed by atoms with E-state index < -0.39 is 0 Å². The molecule has 4 nitrogen and oxygen atoms in total. The first-order valence-corrected chi connectivity index (χ1v) is 2.99. The molecule has 1 N–H and O–H groups in total. The molecule has 0 amide bonds. The number of rotatable bonds is 0. The predicted molar refractivity (Wildman–Crippen MR) is 33.6 cm³/mol. The van der Waals surface area contributed by atoms with E-state index in [0.717, 1.165) is 0 Å². The van der Waals surface area contributed by atoms with Crippen molar-refractivity contribution in [2.45, 2.75) is 20.8 Å². The molecule has 0 saturated carbocycles. The molecule has 0 aliphatic heterocycles. The summed E-state index contributed by atoms with van der Waals surface area (Å²) in [4.78, 5) is 0. The average Bonchev–Trinajstić information content (AvgIpc) is 1.70. The maximum absolute atomic E-state index is 8.93. The van der Waals surface area contributed by atoms with Gasteiger partial charge in [0.05, 0.1) is 0 Å². The second kappa shape index (κ2) is 73.1. The van der Waals surface area contributed by atoms with Gasteiger partial charge in [-0.2, -0.15) is 0 Å². The second-order valence-electron chi connectivity index (χ2n) is 0.866. The molecule has 0 aliphatic carbocycles. The van der Waals surface area contributed by atoms with Crippen molar-refractivity contribution < 1.29 is 47.0 Å². The Bertz CT molecular complexity index is 19.3. The molecule has 0 aromatic rings. The molecule has 0 aromatic carbocycles. The van der Waals surface area contributed by atoms with Gasteiger partial charge in [-0.25, -0.2) is 0 Å². The third-order valence-electron chi connectivity index (χ3n) is 0. The number of hydrogen-bond acceptors (Lipinski definition) is 4. The van der Waals surface area contributed by atoms with Gasteiger partial charge in [-0.15, -0.1) is 19.8 Å². The first-order chi connectivity index (χ1) is 4.24. The van der Waals surface area contributed by atoms with E-state index >= 15 is 0 Å². The van der Waals surface area contributed by atoms with Crippen molar-refractivity contribution >= 4 is 0 Å². The summed E-state index contributed by atoms with van der Waals surface area (Å²) in [6.07, 6.45) is 0. The normalized spacial score (nSPS) is 4.91. The summed E-state index contributed by atoms with van der Waals surface area (Å²) in [7, 11) is 0. The van der Waals surface area contributed by atoms with E-state index in [0.29, 0.717) is 0 Å². The van der Waals surface area contributed by atoms with Gasteiger partial charge in [0.2, 0.25) is 0 Å². The van der Waals surface area contributed by atoms with Gasteiger partial charge in [-0.1, -0.05) is 20.8 Å². The molecule has 11 heavy (non-hydrogen) atoms. The minimum atomic E-state index is 0. The fraction of sp³-hybridized carbons (Fsp3) is 1.00. The quantitative estimate of drug-likeness (QED) is 0.487. The Morgan fingerprint density at radius 2 is 0.727 bits per heavy atom. The molecule has 0 saturated heterocycles. The molecule has 0 rings (SSSR count). The molecule has 0 fully saturated rings. The average molecular weight is 243 g/mol. The molecular formula is C6H16O4Zr. The van der Waals surface area contributed by atoms with Gasteiger partial charge in [0, 0.05) is 0 Å². The van der Waals surface area contributed by atoms with Gasteiger partial charge in [-0.3, -0.25) is 0 Å². The summed E-state index contributed by atoms with van der Waals surface area (Å²) in [6.45, 7) is 4.71. The van der Waals surface area contributed by atoms with Crippen LogP contribution in [0.3, 0.4) is 0 Å². The molecule has 0 atom stereocenters. The van der Waals surface area contributed by atoms with Crippen LogP contribution in [0.25, 0.3) is 0 Å². The Hall–Kier alpha value is 0.723. The maximum Gasteiger partial charge on any atom is 4.00 e. The first-order valence-electron chi connectivity index (χ1n) is 2.99. The van der Waals surface area contributed by atoms with Gasteiger partial charge in [0.25, 0.3) is 0 Å². The summed E-state index contributed by atoms with van der Waals surface area (Å²) in [5.74, 6) is 0. The smallest absolute Gasteiger partial charge is 0.870 e. The van der Waals surface area contributed by atoms with Crippen LogP contribution >= 0.6 is 0 Å².